The number of carbonyl (C=O) groups excluding carboxylic acids is 2. The fourth-order valence-electron chi connectivity index (χ4n) is 4.07. The number of rotatable bonds is 6. The van der Waals surface area contributed by atoms with Crippen LogP contribution in [-0.2, 0) is 33.6 Å². The Hall–Kier alpha value is -4.54. The maximum absolute atomic E-state index is 13.2. The van der Waals surface area contributed by atoms with E-state index in [9.17, 15) is 44.3 Å². The van der Waals surface area contributed by atoms with Crippen molar-refractivity contribution in [1.82, 2.24) is 14.9 Å². The first-order chi connectivity index (χ1) is 21.7. The minimum absolute atomic E-state index is 0.000638. The van der Waals surface area contributed by atoms with Gasteiger partial charge in [-0.15, -0.1) is 0 Å². The van der Waals surface area contributed by atoms with Gasteiger partial charge in [-0.3, -0.25) is 9.68 Å². The van der Waals surface area contributed by atoms with Crippen molar-refractivity contribution >= 4 is 33.3 Å². The van der Waals surface area contributed by atoms with Crippen LogP contribution in [0.3, 0.4) is 0 Å². The summed E-state index contributed by atoms with van der Waals surface area (Å²) in [4.78, 5) is 36.0. The maximum atomic E-state index is 13.2. The lowest BCUT2D eigenvalue weighted by atomic mass is 10.0. The fraction of sp³-hybridized carbons (Fsp3) is 0.200. The van der Waals surface area contributed by atoms with Gasteiger partial charge in [0, 0.05) is 36.6 Å². The number of sulfone groups is 1. The van der Waals surface area contributed by atoms with Crippen LogP contribution in [0.25, 0.3) is 11.3 Å². The number of halogens is 7. The molecule has 0 bridgehead atoms. The summed E-state index contributed by atoms with van der Waals surface area (Å²) in [5, 5.41) is 7.86. The van der Waals surface area contributed by atoms with E-state index in [1.54, 1.807) is 43.3 Å². The molecule has 1 N–H and O–H groups in total. The maximum Gasteiger partial charge on any atom is 0.416 e. The fourth-order valence-corrected chi connectivity index (χ4v) is 4.77. The molecule has 3 aromatic carbocycles. The van der Waals surface area contributed by atoms with E-state index in [-0.39, 0.29) is 22.9 Å². The summed E-state index contributed by atoms with van der Waals surface area (Å²) >= 11 is 5.56. The first-order valence-electron chi connectivity index (χ1n) is 13.0. The first-order valence-corrected chi connectivity index (χ1v) is 15.3. The Labute approximate surface area is 269 Å². The summed E-state index contributed by atoms with van der Waals surface area (Å²) < 4.78 is 103. The average Bonchev–Trinajstić information content (AvgIpc) is 2.99. The highest BCUT2D eigenvalue weighted by atomic mass is 35.5. The highest BCUT2D eigenvalue weighted by Gasteiger charge is 2.37. The molecule has 0 saturated carbocycles. The topological polar surface area (TPSA) is 127 Å². The van der Waals surface area contributed by atoms with Gasteiger partial charge in [0.25, 0.3) is 5.91 Å². The van der Waals surface area contributed by atoms with Crippen molar-refractivity contribution < 1.29 is 54.5 Å². The van der Waals surface area contributed by atoms with Gasteiger partial charge in [-0.2, -0.15) is 31.6 Å². The largest absolute Gasteiger partial charge is 0.416 e. The zero-order valence-corrected chi connectivity index (χ0v) is 26.1. The standard InChI is InChI=1S/C23H19F6N3O3S.C7H5ClO3/c1-13-6-4-5-7-17(13)19-18(11-30-21(31-19)36(3,34)35)20(33)32(2)12-14-8-15(22(24,25)26)10-16(9-14)23(27,28)29;8-6-3-1-2-5(4-6)7(9)11-10/h4-11H,12H2,1-3H3;1-4,10H. The number of hydrogen-bond donors (Lipinski definition) is 1. The molecule has 0 unspecified atom stereocenters. The second kappa shape index (κ2) is 14.5. The van der Waals surface area contributed by atoms with Gasteiger partial charge in [0.15, 0.2) is 0 Å². The molecular weight excluding hydrogens is 680 g/mol. The van der Waals surface area contributed by atoms with Crippen LogP contribution >= 0.6 is 11.6 Å². The molecule has 1 aromatic heterocycles. The number of carbonyl (C=O) groups is 2. The molecular formula is C30H24ClF6N3O6S. The van der Waals surface area contributed by atoms with Gasteiger partial charge < -0.3 is 4.90 Å². The smallest absolute Gasteiger partial charge is 0.337 e. The van der Waals surface area contributed by atoms with Crippen LogP contribution in [0.5, 0.6) is 0 Å². The third-order valence-electron chi connectivity index (χ3n) is 6.29. The minimum atomic E-state index is -5.04. The molecule has 0 radical (unpaired) electrons. The lowest BCUT2D eigenvalue weighted by Crippen LogP contribution is -2.28. The summed E-state index contributed by atoms with van der Waals surface area (Å²) in [5.41, 5.74) is -2.37. The summed E-state index contributed by atoms with van der Waals surface area (Å²) in [5.74, 6) is -1.65. The second-order valence-corrected chi connectivity index (χ2v) is 12.3. The first kappa shape index (κ1) is 36.9. The zero-order chi connectivity index (χ0) is 35.3. The Kier molecular flexibility index (Phi) is 11.4. The Morgan fingerprint density at radius 1 is 0.936 bits per heavy atom. The highest BCUT2D eigenvalue weighted by Crippen LogP contribution is 2.37. The minimum Gasteiger partial charge on any atom is -0.337 e. The van der Waals surface area contributed by atoms with E-state index in [2.05, 4.69) is 14.9 Å². The molecule has 0 saturated heterocycles. The number of aromatic nitrogens is 2. The third kappa shape index (κ3) is 9.73. The van der Waals surface area contributed by atoms with Crippen molar-refractivity contribution in [3.05, 3.63) is 111 Å². The highest BCUT2D eigenvalue weighted by molar-refractivity contribution is 7.90. The Morgan fingerprint density at radius 3 is 2.04 bits per heavy atom. The summed E-state index contributed by atoms with van der Waals surface area (Å²) in [6.45, 7) is 1.09. The molecule has 1 heterocycles. The van der Waals surface area contributed by atoms with E-state index >= 15 is 0 Å². The van der Waals surface area contributed by atoms with E-state index in [0.717, 1.165) is 17.4 Å². The van der Waals surface area contributed by atoms with E-state index in [0.29, 0.717) is 28.3 Å². The number of amides is 1. The van der Waals surface area contributed by atoms with Crippen LogP contribution in [0.4, 0.5) is 26.3 Å². The monoisotopic (exact) mass is 703 g/mol. The molecule has 0 fully saturated rings. The lowest BCUT2D eigenvalue weighted by Gasteiger charge is -2.21. The quantitative estimate of drug-likeness (QED) is 0.0973. The van der Waals surface area contributed by atoms with Crippen molar-refractivity contribution in [2.24, 2.45) is 0 Å². The normalized spacial score (nSPS) is 11.7. The predicted molar refractivity (Wildman–Crippen MR) is 157 cm³/mol. The summed E-state index contributed by atoms with van der Waals surface area (Å²) in [6.07, 6.45) is -8.22. The second-order valence-electron chi connectivity index (χ2n) is 9.97. The number of aryl methyl sites for hydroxylation is 1. The van der Waals surface area contributed by atoms with Gasteiger partial charge in [0.1, 0.15) is 0 Å². The molecule has 0 aliphatic rings. The van der Waals surface area contributed by atoms with Gasteiger partial charge in [-0.25, -0.2) is 23.2 Å². The van der Waals surface area contributed by atoms with Gasteiger partial charge in [-0.1, -0.05) is 41.9 Å². The number of benzene rings is 3. The van der Waals surface area contributed by atoms with Crippen molar-refractivity contribution in [3.8, 4) is 11.3 Å². The van der Waals surface area contributed by atoms with Gasteiger partial charge >= 0.3 is 18.3 Å². The Balaban J connectivity index is 0.000000461. The SMILES string of the molecule is Cc1ccccc1-c1nc(S(C)(=O)=O)ncc1C(=O)N(C)Cc1cc(C(F)(F)F)cc(C(F)(F)F)c1.O=C(OO)c1cccc(Cl)c1. The van der Waals surface area contributed by atoms with Crippen LogP contribution in [0.1, 0.15) is 43.0 Å². The summed E-state index contributed by atoms with van der Waals surface area (Å²) in [7, 11) is -2.67. The van der Waals surface area contributed by atoms with Crippen molar-refractivity contribution in [2.45, 2.75) is 31.0 Å². The van der Waals surface area contributed by atoms with Gasteiger partial charge in [0.05, 0.1) is 27.9 Å². The molecule has 47 heavy (non-hydrogen) atoms. The van der Waals surface area contributed by atoms with Crippen LogP contribution < -0.4 is 0 Å². The van der Waals surface area contributed by atoms with Crippen molar-refractivity contribution in [3.63, 3.8) is 0 Å². The predicted octanol–water partition coefficient (Wildman–Crippen LogP) is 7.14. The Morgan fingerprint density at radius 2 is 1.53 bits per heavy atom. The molecule has 1 amide bonds. The number of hydrogen-bond acceptors (Lipinski definition) is 8. The van der Waals surface area contributed by atoms with Crippen molar-refractivity contribution in [1.29, 1.82) is 0 Å². The molecule has 0 spiro atoms. The molecule has 250 valence electrons. The molecule has 17 heteroatoms. The number of nitrogens with zero attached hydrogens (tertiary/aromatic N) is 3. The molecule has 0 aliphatic heterocycles. The van der Waals surface area contributed by atoms with Gasteiger partial charge in [0.2, 0.25) is 15.0 Å². The molecule has 0 aliphatic carbocycles. The van der Waals surface area contributed by atoms with Crippen LogP contribution in [0.2, 0.25) is 5.02 Å². The van der Waals surface area contributed by atoms with Crippen LogP contribution in [0, 0.1) is 6.92 Å². The van der Waals surface area contributed by atoms with E-state index in [1.807, 2.05) is 0 Å². The molecule has 4 rings (SSSR count). The average molecular weight is 704 g/mol. The summed E-state index contributed by atoms with van der Waals surface area (Å²) in [6, 6.07) is 13.8. The van der Waals surface area contributed by atoms with E-state index in [1.165, 1.54) is 19.2 Å². The number of alkyl halides is 6. The zero-order valence-electron chi connectivity index (χ0n) is 24.5. The third-order valence-corrected chi connectivity index (χ3v) is 7.38. The molecule has 4 aromatic rings. The molecule has 9 nitrogen and oxygen atoms in total. The van der Waals surface area contributed by atoms with E-state index in [4.69, 9.17) is 16.9 Å². The van der Waals surface area contributed by atoms with Crippen molar-refractivity contribution in [2.75, 3.05) is 13.3 Å². The Bertz CT molecular complexity index is 1870. The van der Waals surface area contributed by atoms with Crippen LogP contribution in [0.15, 0.2) is 78.1 Å². The van der Waals surface area contributed by atoms with Gasteiger partial charge in [-0.05, 0) is 54.4 Å². The van der Waals surface area contributed by atoms with Crippen LogP contribution in [-0.4, -0.2) is 53.7 Å². The lowest BCUT2D eigenvalue weighted by molar-refractivity contribution is -0.182. The molecule has 0 atom stereocenters. The van der Waals surface area contributed by atoms with E-state index < -0.39 is 62.5 Å².